The maximum atomic E-state index is 12.3. The average molecular weight is 965 g/mol. The molecule has 0 unspecified atom stereocenters. The Kier molecular flexibility index (Phi) is 24.7. The van der Waals surface area contributed by atoms with E-state index in [1.165, 1.54) is 5.56 Å². The van der Waals surface area contributed by atoms with Crippen molar-refractivity contribution in [3.8, 4) is 0 Å². The number of rotatable bonds is 23. The van der Waals surface area contributed by atoms with Crippen LogP contribution < -0.4 is 103 Å². The molecule has 356 valence electrons. The molecule has 1 amide bonds. The van der Waals surface area contributed by atoms with Crippen LogP contribution in [0.2, 0.25) is 0 Å². The fourth-order valence-corrected chi connectivity index (χ4v) is 7.34. The Morgan fingerprint density at radius 2 is 0.913 bits per heavy atom. The van der Waals surface area contributed by atoms with Gasteiger partial charge in [0.15, 0.2) is 0 Å². The van der Waals surface area contributed by atoms with Gasteiger partial charge < -0.3 is 73.8 Å². The van der Waals surface area contributed by atoms with Crippen LogP contribution in [-0.2, 0) is 41.8 Å². The van der Waals surface area contributed by atoms with Crippen LogP contribution >= 0.6 is 0 Å². The molecule has 2 aromatic heterocycles. The number of aromatic nitrogens is 4. The topological polar surface area (TPSA) is 358 Å². The van der Waals surface area contributed by atoms with Gasteiger partial charge in [-0.25, -0.2) is 9.97 Å². The Morgan fingerprint density at radius 3 is 1.36 bits per heavy atom. The molecule has 0 aliphatic heterocycles. The molecule has 0 spiro atoms. The molecule has 4 aromatic carbocycles. The first-order valence-corrected chi connectivity index (χ1v) is 21.9. The van der Waals surface area contributed by atoms with Crippen molar-refractivity contribution in [1.29, 1.82) is 0 Å². The molecule has 0 saturated carbocycles. The Labute approximate surface area is 444 Å². The summed E-state index contributed by atoms with van der Waals surface area (Å²) in [5.74, 6) is -1.93. The third-order valence-corrected chi connectivity index (χ3v) is 10.9. The summed E-state index contributed by atoms with van der Waals surface area (Å²) in [6.45, 7) is 1.41. The van der Waals surface area contributed by atoms with Gasteiger partial charge in [-0.1, -0.05) is 48.5 Å². The van der Waals surface area contributed by atoms with Gasteiger partial charge in [0.05, 0.1) is 35.4 Å². The summed E-state index contributed by atoms with van der Waals surface area (Å²) >= 11 is 0. The number of aliphatic hydroxyl groups is 4. The number of carbonyl (C=O) groups excluding carboxylic acids is 3. The number of hydrogen-bond donors (Lipinski definition) is 10. The van der Waals surface area contributed by atoms with Gasteiger partial charge in [0.1, 0.15) is 11.6 Å². The summed E-state index contributed by atoms with van der Waals surface area (Å²) in [7, 11) is 0. The van der Waals surface area contributed by atoms with Crippen LogP contribution in [-0.4, -0.2) is 95.7 Å². The molecule has 21 heteroatoms. The fraction of sp³-hybridized carbons (Fsp3) is 0.354. The second-order valence-corrected chi connectivity index (χ2v) is 16.4. The molecule has 0 aliphatic carbocycles. The van der Waals surface area contributed by atoms with E-state index in [2.05, 4.69) is 54.8 Å². The first kappa shape index (κ1) is 58.3. The second kappa shape index (κ2) is 29.2. The number of carboxylic acids is 2. The molecular weight excluding hydrogens is 907 g/mol. The number of fused-ring (bicyclic) bond motifs is 2. The number of benzene rings is 4. The zero-order valence-corrected chi connectivity index (χ0v) is 43.0. The van der Waals surface area contributed by atoms with E-state index >= 15 is 0 Å². The monoisotopic (exact) mass is 964 g/mol. The molecule has 4 atom stereocenters. The number of nitrogens with two attached hydrogens (primary N) is 4. The second-order valence-electron chi connectivity index (χ2n) is 16.4. The average Bonchev–Trinajstić information content (AvgIpc) is 3.26. The number of carbonyl (C=O) groups is 3. The maximum Gasteiger partial charge on any atom is 1.00 e. The van der Waals surface area contributed by atoms with Crippen molar-refractivity contribution in [1.82, 2.24) is 30.6 Å². The normalized spacial score (nSPS) is 12.6. The van der Waals surface area contributed by atoms with Crippen molar-refractivity contribution >= 4 is 63.2 Å². The third-order valence-electron chi connectivity index (χ3n) is 10.9. The van der Waals surface area contributed by atoms with E-state index in [1.54, 1.807) is 12.1 Å². The largest absolute Gasteiger partial charge is 1.00 e. The van der Waals surface area contributed by atoms with Crippen LogP contribution in [0, 0.1) is 0 Å². The van der Waals surface area contributed by atoms with Crippen molar-refractivity contribution in [2.45, 2.75) is 95.2 Å². The van der Waals surface area contributed by atoms with Crippen LogP contribution in [0.4, 0.5) is 23.5 Å². The van der Waals surface area contributed by atoms with Crippen molar-refractivity contribution in [2.24, 2.45) is 0 Å². The molecule has 0 bridgehead atoms. The van der Waals surface area contributed by atoms with Gasteiger partial charge in [-0.05, 0) is 122 Å². The minimum Gasteiger partial charge on any atom is -0.550 e. The van der Waals surface area contributed by atoms with Crippen LogP contribution in [0.3, 0.4) is 0 Å². The minimum atomic E-state index is -1.38. The number of nitrogen functional groups attached to an aromatic ring is 4. The van der Waals surface area contributed by atoms with Gasteiger partial charge in [0, 0.05) is 54.2 Å². The molecule has 6 rings (SSSR count). The predicted molar refractivity (Wildman–Crippen MR) is 250 cm³/mol. The van der Waals surface area contributed by atoms with Crippen molar-refractivity contribution < 1.29 is 104 Å². The van der Waals surface area contributed by atoms with Crippen LogP contribution in [0.25, 0.3) is 21.8 Å². The summed E-state index contributed by atoms with van der Waals surface area (Å²) < 4.78 is 0. The van der Waals surface area contributed by atoms with E-state index in [-0.39, 0.29) is 103 Å². The molecule has 0 radical (unpaired) electrons. The van der Waals surface area contributed by atoms with Gasteiger partial charge in [0.2, 0.25) is 11.9 Å². The summed E-state index contributed by atoms with van der Waals surface area (Å²) in [6.07, 6.45) is -1.11. The Morgan fingerprint density at radius 1 is 0.522 bits per heavy atom. The number of anilines is 4. The molecular formula is C48H58N10Na2O9. The number of hydrogen-bond acceptors (Lipinski definition) is 18. The predicted octanol–water partition coefficient (Wildman–Crippen LogP) is -5.73. The SMILES string of the molecule is Nc1nc(N)c2cc(CCc3ccc(C(=O)NCC[C@@H](O)C[C@@H](O)CC(=O)[O-])cc3)ccc2n1.Nc1nc(N)c2cc(CCc3ccc(CNCC[C@@H](O)C[C@@H](O)CC(=O)[O-])cc3)ccc2n1.[Na+].[Na+]. The molecule has 6 aromatic rings. The van der Waals surface area contributed by atoms with Gasteiger partial charge in [-0.3, -0.25) is 4.79 Å². The van der Waals surface area contributed by atoms with E-state index in [0.717, 1.165) is 64.2 Å². The van der Waals surface area contributed by atoms with E-state index in [9.17, 15) is 45.0 Å². The van der Waals surface area contributed by atoms with Crippen molar-refractivity contribution in [3.63, 3.8) is 0 Å². The molecule has 0 saturated heterocycles. The van der Waals surface area contributed by atoms with Crippen LogP contribution in [0.1, 0.15) is 76.7 Å². The molecule has 14 N–H and O–H groups in total. The molecule has 19 nitrogen and oxygen atoms in total. The zero-order valence-electron chi connectivity index (χ0n) is 39.0. The number of aryl methyl sites for hydroxylation is 4. The number of carboxylic acid groups (broad SMARTS) is 2. The number of amides is 1. The first-order valence-electron chi connectivity index (χ1n) is 21.9. The van der Waals surface area contributed by atoms with Gasteiger partial charge in [0.25, 0.3) is 5.91 Å². The third kappa shape index (κ3) is 20.1. The number of aliphatic carboxylic acids is 2. The van der Waals surface area contributed by atoms with Crippen LogP contribution in [0.15, 0.2) is 84.9 Å². The molecule has 0 fully saturated rings. The van der Waals surface area contributed by atoms with E-state index in [0.29, 0.717) is 42.2 Å². The zero-order chi connectivity index (χ0) is 48.5. The quantitative estimate of drug-likeness (QED) is 0.0211. The van der Waals surface area contributed by atoms with E-state index in [4.69, 9.17) is 22.9 Å². The Hall–Kier alpha value is -5.03. The number of nitrogens with zero attached hydrogens (tertiary/aromatic N) is 4. The maximum absolute atomic E-state index is 12.3. The standard InChI is InChI=1S/C24H29N5O5.C24H31N5O4.2Na/c25-22-19-11-15(5-8-20(19)28-24(26)29-22)2-1-14-3-6-16(7-4-14)23(34)27-10-9-17(30)12-18(31)13-21(32)33;25-23-20-11-16(7-8-21(20)28-24(26)29-23)4-1-15-2-5-17(6-3-15)14-27-10-9-18(30)12-19(31)13-22(32)33;;/h3-8,11,17-18,30-31H,1-2,9-10,12-13H2,(H,27,34)(H,32,33)(H4,25,26,28,29);2-3,5-8,11,18-19,27,30-31H,1,4,9-10,12-14H2,(H,32,33)(H4,25,26,28,29);;/q;;2*+1/p-2/t17-,18-;18-,19-;;/m11../s1. The number of aliphatic hydroxyl groups excluding tert-OH is 4. The molecule has 2 heterocycles. The summed E-state index contributed by atoms with van der Waals surface area (Å²) in [4.78, 5) is 49.6. The van der Waals surface area contributed by atoms with E-state index in [1.807, 2.05) is 48.5 Å². The minimum absolute atomic E-state index is 0. The van der Waals surface area contributed by atoms with Gasteiger partial charge >= 0.3 is 59.1 Å². The first-order chi connectivity index (χ1) is 32.0. The summed E-state index contributed by atoms with van der Waals surface area (Å²) in [6, 6.07) is 27.3. The Balaban J connectivity index is 0.000000355. The van der Waals surface area contributed by atoms with Crippen molar-refractivity contribution in [2.75, 3.05) is 36.0 Å². The van der Waals surface area contributed by atoms with E-state index < -0.39 is 49.2 Å². The summed E-state index contributed by atoms with van der Waals surface area (Å²) in [5.41, 5.74) is 30.8. The Bertz CT molecular complexity index is 2600. The molecule has 0 aliphatic rings. The van der Waals surface area contributed by atoms with Crippen LogP contribution in [0.5, 0.6) is 0 Å². The van der Waals surface area contributed by atoms with Crippen molar-refractivity contribution in [3.05, 3.63) is 118 Å². The fourth-order valence-electron chi connectivity index (χ4n) is 7.34. The smallest absolute Gasteiger partial charge is 0.550 e. The van der Waals surface area contributed by atoms with Gasteiger partial charge in [-0.2, -0.15) is 9.97 Å². The molecule has 69 heavy (non-hydrogen) atoms. The van der Waals surface area contributed by atoms with Gasteiger partial charge in [-0.15, -0.1) is 0 Å². The number of nitrogens with one attached hydrogen (secondary N) is 2. The summed E-state index contributed by atoms with van der Waals surface area (Å²) in [5, 5.41) is 67.1.